The Bertz CT molecular complexity index is 1060. The third-order valence-electron chi connectivity index (χ3n) is 5.23. The predicted octanol–water partition coefficient (Wildman–Crippen LogP) is 5.40. The number of amides is 1. The van der Waals surface area contributed by atoms with Crippen LogP contribution in [0.4, 0.5) is 5.69 Å². The molecule has 0 saturated heterocycles. The molecule has 2 aromatic rings. The average molecular weight is 472 g/mol. The van der Waals surface area contributed by atoms with Gasteiger partial charge in [0.15, 0.2) is 5.16 Å². The molecular formula is C24H30ClN5OS. The average Bonchev–Trinajstić information content (AvgIpc) is 2.69. The van der Waals surface area contributed by atoms with Gasteiger partial charge in [-0.25, -0.2) is 15.4 Å². The first-order valence-electron chi connectivity index (χ1n) is 10.7. The van der Waals surface area contributed by atoms with Gasteiger partial charge in [-0.3, -0.25) is 4.79 Å². The maximum atomic E-state index is 12.2. The number of nitrogens with zero attached hydrogens (tertiary/aromatic N) is 4. The number of allylic oxidation sites excluding steroid dienone is 1. The Morgan fingerprint density at radius 1 is 1.22 bits per heavy atom. The van der Waals surface area contributed by atoms with E-state index >= 15 is 0 Å². The van der Waals surface area contributed by atoms with E-state index in [9.17, 15) is 4.79 Å². The minimum Gasteiger partial charge on any atom is -0.362 e. The fourth-order valence-corrected chi connectivity index (χ4v) is 4.89. The van der Waals surface area contributed by atoms with Crippen LogP contribution in [0, 0.1) is 13.8 Å². The van der Waals surface area contributed by atoms with Crippen molar-refractivity contribution in [2.75, 3.05) is 17.2 Å². The van der Waals surface area contributed by atoms with Crippen LogP contribution in [0.2, 0.25) is 5.02 Å². The smallest absolute Gasteiger partial charge is 0.250 e. The Hall–Kier alpha value is -2.38. The SMILES string of the molecule is CCCN1c2cc(Cl)c(/C=N\NC(=O)CSc3nc(C)cc(C)n3)cc2C(C)=CC1(C)C. The number of anilines is 1. The molecule has 1 amide bonds. The standard InChI is InChI=1S/C24H30ClN5OS/c1-7-8-30-21-11-20(25)18(10-19(21)15(2)12-24(30,5)6)13-26-29-22(31)14-32-23-27-16(3)9-17(4)28-23/h9-13H,7-8,14H2,1-6H3,(H,29,31)/b26-13-. The number of carbonyl (C=O) groups excluding carboxylic acids is 1. The molecular weight excluding hydrogens is 442 g/mol. The zero-order valence-corrected chi connectivity index (χ0v) is 21.1. The Kier molecular flexibility index (Phi) is 7.62. The molecule has 1 aromatic heterocycles. The Labute approximate surface area is 199 Å². The van der Waals surface area contributed by atoms with Gasteiger partial charge < -0.3 is 4.90 Å². The molecule has 8 heteroatoms. The molecule has 0 fully saturated rings. The van der Waals surface area contributed by atoms with E-state index in [0.29, 0.717) is 10.2 Å². The number of hydrogen-bond acceptors (Lipinski definition) is 6. The van der Waals surface area contributed by atoms with Crippen LogP contribution >= 0.6 is 23.4 Å². The fourth-order valence-electron chi connectivity index (χ4n) is 3.94. The van der Waals surface area contributed by atoms with Gasteiger partial charge in [0.2, 0.25) is 0 Å². The number of fused-ring (bicyclic) bond motifs is 1. The number of aromatic nitrogens is 2. The number of thioether (sulfide) groups is 1. The van der Waals surface area contributed by atoms with Crippen LogP contribution in [-0.4, -0.2) is 39.9 Å². The number of rotatable bonds is 7. The molecule has 1 aliphatic rings. The second kappa shape index (κ2) is 10.0. The van der Waals surface area contributed by atoms with Crippen molar-refractivity contribution in [3.05, 3.63) is 51.8 Å². The number of carbonyl (C=O) groups is 1. The van der Waals surface area contributed by atoms with Crippen molar-refractivity contribution in [3.63, 3.8) is 0 Å². The minimum atomic E-state index is -0.227. The first-order valence-corrected chi connectivity index (χ1v) is 12.0. The van der Waals surface area contributed by atoms with Crippen molar-refractivity contribution in [2.45, 2.75) is 58.7 Å². The van der Waals surface area contributed by atoms with E-state index in [1.54, 1.807) is 6.21 Å². The summed E-state index contributed by atoms with van der Waals surface area (Å²) in [5, 5.41) is 5.30. The van der Waals surface area contributed by atoms with Gasteiger partial charge in [-0.1, -0.05) is 36.4 Å². The van der Waals surface area contributed by atoms with Crippen LogP contribution in [0.15, 0.2) is 34.5 Å². The van der Waals surface area contributed by atoms with Gasteiger partial charge in [-0.05, 0) is 64.8 Å². The maximum Gasteiger partial charge on any atom is 0.250 e. The van der Waals surface area contributed by atoms with Crippen molar-refractivity contribution in [2.24, 2.45) is 5.10 Å². The second-order valence-electron chi connectivity index (χ2n) is 8.54. The molecule has 0 bridgehead atoms. The highest BCUT2D eigenvalue weighted by Crippen LogP contribution is 2.41. The first kappa shape index (κ1) is 24.3. The highest BCUT2D eigenvalue weighted by atomic mass is 35.5. The molecule has 3 rings (SSSR count). The summed E-state index contributed by atoms with van der Waals surface area (Å²) < 4.78 is 0. The highest BCUT2D eigenvalue weighted by molar-refractivity contribution is 7.99. The monoisotopic (exact) mass is 471 g/mol. The molecule has 0 radical (unpaired) electrons. The lowest BCUT2D eigenvalue weighted by Gasteiger charge is -2.43. The largest absolute Gasteiger partial charge is 0.362 e. The third kappa shape index (κ3) is 5.70. The molecule has 0 unspecified atom stereocenters. The van der Waals surface area contributed by atoms with Crippen LogP contribution in [0.25, 0.3) is 5.57 Å². The molecule has 1 aromatic carbocycles. The van der Waals surface area contributed by atoms with Crippen molar-refractivity contribution < 1.29 is 4.79 Å². The summed E-state index contributed by atoms with van der Waals surface area (Å²) in [5.74, 6) is -0.0452. The van der Waals surface area contributed by atoms with Crippen molar-refractivity contribution in [1.29, 1.82) is 0 Å². The number of benzene rings is 1. The Morgan fingerprint density at radius 2 is 1.91 bits per heavy atom. The van der Waals surface area contributed by atoms with Crippen LogP contribution in [0.5, 0.6) is 0 Å². The first-order chi connectivity index (χ1) is 15.1. The van der Waals surface area contributed by atoms with Crippen LogP contribution < -0.4 is 10.3 Å². The molecule has 170 valence electrons. The van der Waals surface area contributed by atoms with E-state index in [1.165, 1.54) is 17.3 Å². The molecule has 0 saturated carbocycles. The quantitative estimate of drug-likeness (QED) is 0.253. The summed E-state index contributed by atoms with van der Waals surface area (Å²) in [6.45, 7) is 13.5. The Morgan fingerprint density at radius 3 is 2.56 bits per heavy atom. The van der Waals surface area contributed by atoms with Crippen LogP contribution in [0.3, 0.4) is 0 Å². The van der Waals surface area contributed by atoms with E-state index < -0.39 is 0 Å². The maximum absolute atomic E-state index is 12.2. The van der Waals surface area contributed by atoms with Gasteiger partial charge >= 0.3 is 0 Å². The fraction of sp³-hybridized carbons (Fsp3) is 0.417. The summed E-state index contributed by atoms with van der Waals surface area (Å²) >= 11 is 7.87. The number of halogens is 1. The predicted molar refractivity (Wildman–Crippen MR) is 135 cm³/mol. The topological polar surface area (TPSA) is 70.5 Å². The van der Waals surface area contributed by atoms with E-state index in [0.717, 1.165) is 41.2 Å². The minimum absolute atomic E-state index is 0.0722. The van der Waals surface area contributed by atoms with Crippen molar-refractivity contribution >= 4 is 46.7 Å². The summed E-state index contributed by atoms with van der Waals surface area (Å²) in [6, 6.07) is 5.94. The number of hydrazone groups is 1. The molecule has 0 aliphatic carbocycles. The highest BCUT2D eigenvalue weighted by Gasteiger charge is 2.31. The van der Waals surface area contributed by atoms with Gasteiger partial charge in [-0.15, -0.1) is 0 Å². The summed E-state index contributed by atoms with van der Waals surface area (Å²) in [7, 11) is 0. The number of aryl methyl sites for hydroxylation is 2. The molecule has 1 aliphatic heterocycles. The van der Waals surface area contributed by atoms with Gasteiger partial charge in [-0.2, -0.15) is 5.10 Å². The van der Waals surface area contributed by atoms with Gasteiger partial charge in [0.25, 0.3) is 5.91 Å². The zero-order valence-electron chi connectivity index (χ0n) is 19.5. The van der Waals surface area contributed by atoms with Crippen molar-refractivity contribution in [1.82, 2.24) is 15.4 Å². The second-order valence-corrected chi connectivity index (χ2v) is 9.89. The zero-order chi connectivity index (χ0) is 23.5. The lowest BCUT2D eigenvalue weighted by Crippen LogP contribution is -2.45. The van der Waals surface area contributed by atoms with Crippen molar-refractivity contribution in [3.8, 4) is 0 Å². The summed E-state index contributed by atoms with van der Waals surface area (Å²) in [6.07, 6.45) is 4.93. The third-order valence-corrected chi connectivity index (χ3v) is 6.40. The van der Waals surface area contributed by atoms with Crippen LogP contribution in [0.1, 0.15) is 56.6 Å². The molecule has 0 spiro atoms. The number of hydrogen-bond donors (Lipinski definition) is 1. The molecule has 0 atom stereocenters. The molecule has 2 heterocycles. The molecule has 6 nitrogen and oxygen atoms in total. The van der Waals surface area contributed by atoms with E-state index in [-0.39, 0.29) is 17.2 Å². The summed E-state index contributed by atoms with van der Waals surface area (Å²) in [4.78, 5) is 23.2. The van der Waals surface area contributed by atoms with Gasteiger partial charge in [0.05, 0.1) is 22.5 Å². The van der Waals surface area contributed by atoms with E-state index in [2.05, 4.69) is 59.2 Å². The lowest BCUT2D eigenvalue weighted by molar-refractivity contribution is -0.118. The van der Waals surface area contributed by atoms with E-state index in [4.69, 9.17) is 11.6 Å². The number of nitrogens with one attached hydrogen (secondary N) is 1. The lowest BCUT2D eigenvalue weighted by atomic mass is 9.88. The Balaban J connectivity index is 1.70. The van der Waals surface area contributed by atoms with Gasteiger partial charge in [0, 0.05) is 34.7 Å². The molecule has 1 N–H and O–H groups in total. The normalized spacial score (nSPS) is 15.0. The molecule has 32 heavy (non-hydrogen) atoms. The van der Waals surface area contributed by atoms with Gasteiger partial charge in [0.1, 0.15) is 0 Å². The van der Waals surface area contributed by atoms with Crippen LogP contribution in [-0.2, 0) is 4.79 Å². The summed E-state index contributed by atoms with van der Waals surface area (Å²) in [5.41, 5.74) is 8.49. The van der Waals surface area contributed by atoms with E-state index in [1.807, 2.05) is 32.0 Å².